The van der Waals surface area contributed by atoms with E-state index >= 15 is 0 Å². The number of amides is 1. The van der Waals surface area contributed by atoms with E-state index in [1.165, 1.54) is 11.9 Å². The molecule has 0 bridgehead atoms. The topological polar surface area (TPSA) is 56.1 Å². The second kappa shape index (κ2) is 7.58. The van der Waals surface area contributed by atoms with Crippen LogP contribution in [0.15, 0.2) is 12.1 Å². The Morgan fingerprint density at radius 1 is 1.43 bits per heavy atom. The van der Waals surface area contributed by atoms with Gasteiger partial charge >= 0.3 is 0 Å². The third kappa shape index (κ3) is 4.15. The van der Waals surface area contributed by atoms with Gasteiger partial charge in [0.05, 0.1) is 12.5 Å². The van der Waals surface area contributed by atoms with E-state index in [4.69, 9.17) is 5.26 Å². The van der Waals surface area contributed by atoms with E-state index in [9.17, 15) is 13.6 Å². The van der Waals surface area contributed by atoms with Gasteiger partial charge in [0.15, 0.2) is 0 Å². The van der Waals surface area contributed by atoms with Gasteiger partial charge in [-0.1, -0.05) is 6.92 Å². The van der Waals surface area contributed by atoms with E-state index in [-0.39, 0.29) is 23.7 Å². The van der Waals surface area contributed by atoms with Gasteiger partial charge in [-0.3, -0.25) is 4.79 Å². The molecule has 0 spiro atoms. The van der Waals surface area contributed by atoms with Crippen molar-refractivity contribution in [1.82, 2.24) is 4.90 Å². The quantitative estimate of drug-likeness (QED) is 0.877. The Labute approximate surface area is 123 Å². The van der Waals surface area contributed by atoms with E-state index in [0.717, 1.165) is 18.6 Å². The molecule has 1 N–H and O–H groups in total. The van der Waals surface area contributed by atoms with E-state index in [1.54, 1.807) is 6.92 Å². The van der Waals surface area contributed by atoms with Crippen LogP contribution >= 0.6 is 0 Å². The van der Waals surface area contributed by atoms with Gasteiger partial charge in [0, 0.05) is 25.2 Å². The molecule has 0 aromatic heterocycles. The van der Waals surface area contributed by atoms with Gasteiger partial charge in [-0.25, -0.2) is 8.78 Å². The van der Waals surface area contributed by atoms with E-state index < -0.39 is 17.5 Å². The first-order valence-electron chi connectivity index (χ1n) is 6.79. The van der Waals surface area contributed by atoms with E-state index in [0.29, 0.717) is 6.54 Å². The molecular formula is C15H19F2N3O. The molecule has 0 heterocycles. The zero-order valence-corrected chi connectivity index (χ0v) is 12.4. The molecule has 1 rings (SSSR count). The Balaban J connectivity index is 2.99. The van der Waals surface area contributed by atoms with Crippen LogP contribution in [-0.4, -0.2) is 30.4 Å². The smallest absolute Gasteiger partial charge is 0.254 e. The van der Waals surface area contributed by atoms with Crippen LogP contribution in [0.4, 0.5) is 14.5 Å². The van der Waals surface area contributed by atoms with Crippen LogP contribution in [0.1, 0.15) is 37.0 Å². The van der Waals surface area contributed by atoms with Gasteiger partial charge in [-0.15, -0.1) is 0 Å². The standard InChI is InChI=1S/C15H19F2N3O/c1-4-7-19-14-12(16)8-11(9-13(14)17)15(21)20(3)10(2)5-6-18/h8-10,19H,4-5,7H2,1-3H3. The molecule has 0 aliphatic rings. The number of benzene rings is 1. The van der Waals surface area contributed by atoms with Crippen molar-refractivity contribution >= 4 is 11.6 Å². The Morgan fingerprint density at radius 3 is 2.48 bits per heavy atom. The molecule has 0 saturated carbocycles. The van der Waals surface area contributed by atoms with E-state index in [1.807, 2.05) is 13.0 Å². The third-order valence-corrected chi connectivity index (χ3v) is 3.21. The second-order valence-electron chi connectivity index (χ2n) is 4.87. The van der Waals surface area contributed by atoms with Crippen molar-refractivity contribution in [2.75, 3.05) is 18.9 Å². The van der Waals surface area contributed by atoms with Gasteiger partial charge in [0.25, 0.3) is 5.91 Å². The van der Waals surface area contributed by atoms with Crippen LogP contribution in [-0.2, 0) is 0 Å². The first kappa shape index (κ1) is 16.9. The van der Waals surface area contributed by atoms with E-state index in [2.05, 4.69) is 5.32 Å². The number of carbonyl (C=O) groups excluding carboxylic acids is 1. The van der Waals surface area contributed by atoms with Gasteiger partial charge < -0.3 is 10.2 Å². The van der Waals surface area contributed by atoms with Crippen LogP contribution < -0.4 is 5.32 Å². The average molecular weight is 295 g/mol. The fraction of sp³-hybridized carbons (Fsp3) is 0.467. The molecule has 1 aromatic rings. The fourth-order valence-corrected chi connectivity index (χ4v) is 1.79. The Bertz CT molecular complexity index is 531. The third-order valence-electron chi connectivity index (χ3n) is 3.21. The summed E-state index contributed by atoms with van der Waals surface area (Å²) in [5.41, 5.74) is -0.291. The number of hydrogen-bond acceptors (Lipinski definition) is 3. The van der Waals surface area contributed by atoms with Crippen LogP contribution in [0.3, 0.4) is 0 Å². The lowest BCUT2D eigenvalue weighted by Crippen LogP contribution is -2.35. The lowest BCUT2D eigenvalue weighted by molar-refractivity contribution is 0.0745. The number of rotatable bonds is 6. The second-order valence-corrected chi connectivity index (χ2v) is 4.87. The summed E-state index contributed by atoms with van der Waals surface area (Å²) in [6.45, 7) is 4.03. The van der Waals surface area contributed by atoms with Gasteiger partial charge in [-0.05, 0) is 25.5 Å². The minimum absolute atomic E-state index is 0.0701. The maximum absolute atomic E-state index is 13.9. The molecule has 6 heteroatoms. The van der Waals surface area contributed by atoms with Gasteiger partial charge in [0.1, 0.15) is 17.3 Å². The van der Waals surface area contributed by atoms with Crippen molar-refractivity contribution in [2.24, 2.45) is 0 Å². The Morgan fingerprint density at radius 2 is 2.00 bits per heavy atom. The molecule has 0 saturated heterocycles. The summed E-state index contributed by atoms with van der Waals surface area (Å²) in [4.78, 5) is 13.5. The number of nitriles is 1. The summed E-state index contributed by atoms with van der Waals surface area (Å²) >= 11 is 0. The molecule has 1 aromatic carbocycles. The summed E-state index contributed by atoms with van der Waals surface area (Å²) in [5.74, 6) is -2.11. The number of halogens is 2. The minimum Gasteiger partial charge on any atom is -0.380 e. The molecule has 0 radical (unpaired) electrons. The first-order valence-corrected chi connectivity index (χ1v) is 6.79. The summed E-state index contributed by atoms with van der Waals surface area (Å²) in [5, 5.41) is 11.3. The molecule has 114 valence electrons. The Hall–Kier alpha value is -2.16. The van der Waals surface area contributed by atoms with Crippen molar-refractivity contribution < 1.29 is 13.6 Å². The zero-order valence-electron chi connectivity index (χ0n) is 12.4. The van der Waals surface area contributed by atoms with Crippen molar-refractivity contribution in [3.8, 4) is 6.07 Å². The highest BCUT2D eigenvalue weighted by molar-refractivity contribution is 5.94. The molecule has 1 amide bonds. The van der Waals surface area contributed by atoms with Crippen LogP contribution in [0.25, 0.3) is 0 Å². The largest absolute Gasteiger partial charge is 0.380 e. The molecular weight excluding hydrogens is 276 g/mol. The predicted molar refractivity (Wildman–Crippen MR) is 76.9 cm³/mol. The number of carbonyl (C=O) groups is 1. The van der Waals surface area contributed by atoms with Crippen LogP contribution in [0.5, 0.6) is 0 Å². The first-order chi connectivity index (χ1) is 9.92. The highest BCUT2D eigenvalue weighted by Crippen LogP contribution is 2.22. The number of anilines is 1. The SMILES string of the molecule is CCCNc1c(F)cc(C(=O)N(C)C(C)CC#N)cc1F. The van der Waals surface area contributed by atoms with Crippen LogP contribution in [0.2, 0.25) is 0 Å². The lowest BCUT2D eigenvalue weighted by atomic mass is 10.1. The predicted octanol–water partition coefficient (Wildman–Crippen LogP) is 3.16. The van der Waals surface area contributed by atoms with Crippen molar-refractivity contribution in [3.05, 3.63) is 29.3 Å². The molecule has 0 aliphatic carbocycles. The highest BCUT2D eigenvalue weighted by Gasteiger charge is 2.20. The van der Waals surface area contributed by atoms with Gasteiger partial charge in [-0.2, -0.15) is 5.26 Å². The maximum Gasteiger partial charge on any atom is 0.254 e. The summed E-state index contributed by atoms with van der Waals surface area (Å²) in [7, 11) is 1.50. The van der Waals surface area contributed by atoms with Crippen molar-refractivity contribution in [3.63, 3.8) is 0 Å². The molecule has 4 nitrogen and oxygen atoms in total. The molecule has 1 unspecified atom stereocenters. The molecule has 21 heavy (non-hydrogen) atoms. The fourth-order valence-electron chi connectivity index (χ4n) is 1.79. The number of nitrogens with one attached hydrogen (secondary N) is 1. The number of nitrogens with zero attached hydrogens (tertiary/aromatic N) is 2. The Kier molecular flexibility index (Phi) is 6.10. The lowest BCUT2D eigenvalue weighted by Gasteiger charge is -2.23. The molecule has 0 aliphatic heterocycles. The summed E-state index contributed by atoms with van der Waals surface area (Å²) in [6, 6.07) is 3.66. The minimum atomic E-state index is -0.798. The molecule has 1 atom stereocenters. The van der Waals surface area contributed by atoms with Crippen molar-refractivity contribution in [2.45, 2.75) is 32.7 Å². The normalized spacial score (nSPS) is 11.6. The highest BCUT2D eigenvalue weighted by atomic mass is 19.1. The van der Waals surface area contributed by atoms with Gasteiger partial charge in [0.2, 0.25) is 0 Å². The summed E-state index contributed by atoms with van der Waals surface area (Å²) < 4.78 is 27.8. The summed E-state index contributed by atoms with van der Waals surface area (Å²) in [6.07, 6.45) is 0.886. The maximum atomic E-state index is 13.9. The monoisotopic (exact) mass is 295 g/mol. The number of hydrogen-bond donors (Lipinski definition) is 1. The molecule has 0 fully saturated rings. The zero-order chi connectivity index (χ0) is 16.0. The average Bonchev–Trinajstić information content (AvgIpc) is 2.45. The van der Waals surface area contributed by atoms with Crippen molar-refractivity contribution in [1.29, 1.82) is 5.26 Å². The van der Waals surface area contributed by atoms with Crippen LogP contribution in [0, 0.1) is 23.0 Å².